The lowest BCUT2D eigenvalue weighted by Gasteiger charge is -2.10. The van der Waals surface area contributed by atoms with Crippen LogP contribution >= 0.6 is 0 Å². The van der Waals surface area contributed by atoms with Gasteiger partial charge in [-0.2, -0.15) is 0 Å². The number of nitro groups is 1. The van der Waals surface area contributed by atoms with Crippen molar-refractivity contribution in [3.63, 3.8) is 0 Å². The number of ether oxygens (including phenoxy) is 1. The number of anilines is 2. The highest BCUT2D eigenvalue weighted by Crippen LogP contribution is 2.30. The van der Waals surface area contributed by atoms with Gasteiger partial charge in [-0.3, -0.25) is 14.9 Å². The highest BCUT2D eigenvalue weighted by atomic mass is 19.1. The predicted octanol–water partition coefficient (Wildman–Crippen LogP) is 3.69. The van der Waals surface area contributed by atoms with Crippen LogP contribution in [0.1, 0.15) is 17.3 Å². The van der Waals surface area contributed by atoms with Gasteiger partial charge >= 0.3 is 0 Å². The maximum atomic E-state index is 13.4. The number of methoxy groups -OCH3 is 1. The summed E-state index contributed by atoms with van der Waals surface area (Å²) in [5.41, 5.74) is 0.630. The van der Waals surface area contributed by atoms with Crippen molar-refractivity contribution < 1.29 is 18.8 Å². The number of hydrogen-bond donors (Lipinski definition) is 1. The minimum atomic E-state index is -0.588. The topological polar surface area (TPSA) is 81.5 Å². The minimum Gasteiger partial charge on any atom is -0.494 e. The second-order valence-corrected chi connectivity index (χ2v) is 4.52. The van der Waals surface area contributed by atoms with Crippen LogP contribution in [0.25, 0.3) is 0 Å². The Labute approximate surface area is 125 Å². The molecule has 6 nitrogen and oxygen atoms in total. The molecule has 114 valence electrons. The number of benzene rings is 2. The van der Waals surface area contributed by atoms with Crippen LogP contribution in [0.4, 0.5) is 21.5 Å². The largest absolute Gasteiger partial charge is 0.494 e. The number of ketones is 1. The summed E-state index contributed by atoms with van der Waals surface area (Å²) < 4.78 is 18.2. The molecule has 0 fully saturated rings. The fourth-order valence-electron chi connectivity index (χ4n) is 1.90. The quantitative estimate of drug-likeness (QED) is 0.517. The van der Waals surface area contributed by atoms with Crippen molar-refractivity contribution >= 4 is 22.8 Å². The molecule has 0 aliphatic heterocycles. The fraction of sp³-hybridized carbons (Fsp3) is 0.133. The van der Waals surface area contributed by atoms with Gasteiger partial charge in [-0.15, -0.1) is 0 Å². The van der Waals surface area contributed by atoms with Crippen LogP contribution in [-0.4, -0.2) is 17.8 Å². The minimum absolute atomic E-state index is 0.0213. The van der Waals surface area contributed by atoms with Crippen molar-refractivity contribution in [2.24, 2.45) is 0 Å². The smallest absolute Gasteiger partial charge is 0.293 e. The molecule has 0 amide bonds. The number of hydrogen-bond acceptors (Lipinski definition) is 5. The summed E-state index contributed by atoms with van der Waals surface area (Å²) in [6, 6.07) is 8.13. The molecule has 0 spiro atoms. The van der Waals surface area contributed by atoms with Gasteiger partial charge in [0, 0.05) is 23.4 Å². The highest BCUT2D eigenvalue weighted by Gasteiger charge is 2.17. The molecule has 0 bridgehead atoms. The molecule has 2 aromatic rings. The Morgan fingerprint density at radius 2 is 2.00 bits per heavy atom. The Balaban J connectivity index is 2.40. The Hall–Kier alpha value is -2.96. The number of nitro benzene ring substituents is 1. The molecular weight excluding hydrogens is 291 g/mol. The van der Waals surface area contributed by atoms with E-state index in [9.17, 15) is 19.3 Å². The summed E-state index contributed by atoms with van der Waals surface area (Å²) in [5, 5.41) is 14.0. The van der Waals surface area contributed by atoms with Crippen LogP contribution in [0.3, 0.4) is 0 Å². The summed E-state index contributed by atoms with van der Waals surface area (Å²) >= 11 is 0. The van der Waals surface area contributed by atoms with E-state index in [-0.39, 0.29) is 28.5 Å². The number of carbonyl (C=O) groups excluding carboxylic acids is 1. The molecule has 0 aliphatic carbocycles. The lowest BCUT2D eigenvalue weighted by atomic mass is 10.1. The van der Waals surface area contributed by atoms with Crippen LogP contribution in [0.5, 0.6) is 5.75 Å². The second-order valence-electron chi connectivity index (χ2n) is 4.52. The monoisotopic (exact) mass is 304 g/mol. The van der Waals surface area contributed by atoms with Gasteiger partial charge in [-0.25, -0.2) is 4.39 Å². The Morgan fingerprint density at radius 3 is 2.59 bits per heavy atom. The van der Waals surface area contributed by atoms with Crippen LogP contribution < -0.4 is 10.1 Å². The van der Waals surface area contributed by atoms with E-state index in [1.165, 1.54) is 50.4 Å². The van der Waals surface area contributed by atoms with Gasteiger partial charge in [0.15, 0.2) is 17.3 Å². The predicted molar refractivity (Wildman–Crippen MR) is 79.3 cm³/mol. The molecule has 2 aromatic carbocycles. The fourth-order valence-corrected chi connectivity index (χ4v) is 1.90. The van der Waals surface area contributed by atoms with Crippen LogP contribution in [-0.2, 0) is 0 Å². The maximum absolute atomic E-state index is 13.4. The average molecular weight is 304 g/mol. The first kappa shape index (κ1) is 15.4. The number of carbonyl (C=O) groups is 1. The van der Waals surface area contributed by atoms with Crippen molar-refractivity contribution in [1.29, 1.82) is 0 Å². The van der Waals surface area contributed by atoms with Crippen LogP contribution in [0.2, 0.25) is 0 Å². The zero-order chi connectivity index (χ0) is 16.3. The molecule has 0 saturated heterocycles. The normalized spacial score (nSPS) is 10.1. The first-order chi connectivity index (χ1) is 10.4. The zero-order valence-electron chi connectivity index (χ0n) is 11.9. The van der Waals surface area contributed by atoms with Crippen molar-refractivity contribution in [2.75, 3.05) is 12.4 Å². The third-order valence-electron chi connectivity index (χ3n) is 3.03. The van der Waals surface area contributed by atoms with Crippen LogP contribution in [0, 0.1) is 15.9 Å². The molecule has 0 radical (unpaired) electrons. The number of Topliss-reactive ketones (excluding diaryl/α,β-unsaturated/α-hetero) is 1. The lowest BCUT2D eigenvalue weighted by Crippen LogP contribution is -2.01. The Kier molecular flexibility index (Phi) is 4.36. The van der Waals surface area contributed by atoms with Gasteiger partial charge in [-0.05, 0) is 31.2 Å². The molecule has 2 rings (SSSR count). The number of halogens is 1. The van der Waals surface area contributed by atoms with Crippen LogP contribution in [0.15, 0.2) is 36.4 Å². The third-order valence-corrected chi connectivity index (χ3v) is 3.03. The summed E-state index contributed by atoms with van der Waals surface area (Å²) in [6.07, 6.45) is 0. The van der Waals surface area contributed by atoms with E-state index in [2.05, 4.69) is 5.32 Å². The highest BCUT2D eigenvalue weighted by molar-refractivity contribution is 5.95. The molecule has 0 atom stereocenters. The van der Waals surface area contributed by atoms with Crippen molar-refractivity contribution in [3.8, 4) is 5.75 Å². The van der Waals surface area contributed by atoms with Gasteiger partial charge in [0.2, 0.25) is 0 Å². The first-order valence-electron chi connectivity index (χ1n) is 6.32. The number of nitrogens with one attached hydrogen (secondary N) is 1. The van der Waals surface area contributed by atoms with E-state index in [4.69, 9.17) is 4.74 Å². The molecule has 0 heterocycles. The maximum Gasteiger partial charge on any atom is 0.293 e. The molecule has 0 unspecified atom stereocenters. The van der Waals surface area contributed by atoms with E-state index in [1.807, 2.05) is 0 Å². The summed E-state index contributed by atoms with van der Waals surface area (Å²) in [4.78, 5) is 21.9. The molecule has 22 heavy (non-hydrogen) atoms. The van der Waals surface area contributed by atoms with E-state index < -0.39 is 10.7 Å². The van der Waals surface area contributed by atoms with Crippen molar-refractivity contribution in [1.82, 2.24) is 0 Å². The van der Waals surface area contributed by atoms with E-state index in [0.29, 0.717) is 5.69 Å². The standard InChI is InChI=1S/C15H13FN2O4/c1-9(19)10-3-6-13(14(7-10)18(20)21)17-11-4-5-12(16)15(8-11)22-2/h3-8,17H,1-2H3. The lowest BCUT2D eigenvalue weighted by molar-refractivity contribution is -0.383. The van der Waals surface area contributed by atoms with E-state index >= 15 is 0 Å². The molecular formula is C15H13FN2O4. The third kappa shape index (κ3) is 3.20. The van der Waals surface area contributed by atoms with E-state index in [0.717, 1.165) is 0 Å². The number of nitrogens with zero attached hydrogens (tertiary/aromatic N) is 1. The molecule has 0 aliphatic rings. The van der Waals surface area contributed by atoms with Gasteiger partial charge in [0.1, 0.15) is 5.69 Å². The van der Waals surface area contributed by atoms with E-state index in [1.54, 1.807) is 0 Å². The Morgan fingerprint density at radius 1 is 1.27 bits per heavy atom. The summed E-state index contributed by atoms with van der Waals surface area (Å²) in [7, 11) is 1.33. The molecule has 0 aromatic heterocycles. The Bertz CT molecular complexity index is 746. The van der Waals surface area contributed by atoms with Crippen molar-refractivity contribution in [3.05, 3.63) is 57.9 Å². The number of rotatable bonds is 5. The van der Waals surface area contributed by atoms with Gasteiger partial charge in [0.05, 0.1) is 12.0 Å². The van der Waals surface area contributed by atoms with Gasteiger partial charge in [-0.1, -0.05) is 0 Å². The van der Waals surface area contributed by atoms with Gasteiger partial charge < -0.3 is 10.1 Å². The van der Waals surface area contributed by atoms with Crippen molar-refractivity contribution in [2.45, 2.75) is 6.92 Å². The zero-order valence-corrected chi connectivity index (χ0v) is 11.9. The summed E-state index contributed by atoms with van der Waals surface area (Å²) in [6.45, 7) is 1.33. The first-order valence-corrected chi connectivity index (χ1v) is 6.32. The average Bonchev–Trinajstić information content (AvgIpc) is 2.49. The molecule has 0 saturated carbocycles. The SMILES string of the molecule is COc1cc(Nc2ccc(C(C)=O)cc2[N+](=O)[O-])ccc1F. The molecule has 7 heteroatoms. The summed E-state index contributed by atoms with van der Waals surface area (Å²) in [5.74, 6) is -0.777. The second kappa shape index (κ2) is 6.21. The molecule has 1 N–H and O–H groups in total. The van der Waals surface area contributed by atoms with Gasteiger partial charge in [0.25, 0.3) is 5.69 Å².